The molecule has 29 heavy (non-hydrogen) atoms. The van der Waals surface area contributed by atoms with Crippen molar-refractivity contribution in [2.75, 3.05) is 13.2 Å². The first kappa shape index (κ1) is 23.5. The van der Waals surface area contributed by atoms with Gasteiger partial charge in [-0.1, -0.05) is 58.1 Å². The summed E-state index contributed by atoms with van der Waals surface area (Å²) in [6.45, 7) is 5.45. The number of carbonyl (C=O) groups excluding carboxylic acids is 1. The highest BCUT2D eigenvalue weighted by atomic mass is 16.7. The Labute approximate surface area is 175 Å². The summed E-state index contributed by atoms with van der Waals surface area (Å²) in [5.74, 6) is 0.834. The van der Waals surface area contributed by atoms with Crippen molar-refractivity contribution in [3.63, 3.8) is 0 Å². The molecule has 0 saturated heterocycles. The molecule has 1 aliphatic rings. The minimum absolute atomic E-state index is 0.181. The monoisotopic (exact) mass is 406 g/mol. The van der Waals surface area contributed by atoms with Crippen LogP contribution in [0.25, 0.3) is 0 Å². The quantitative estimate of drug-likeness (QED) is 0.335. The highest BCUT2D eigenvalue weighted by Crippen LogP contribution is 2.38. The van der Waals surface area contributed by atoms with Gasteiger partial charge in [-0.15, -0.1) is 0 Å². The lowest BCUT2D eigenvalue weighted by Crippen LogP contribution is -2.35. The number of rotatable bonds is 12. The molecule has 1 aliphatic carbocycles. The maximum Gasteiger partial charge on any atom is 0.508 e. The van der Waals surface area contributed by atoms with E-state index in [4.69, 9.17) is 14.2 Å². The van der Waals surface area contributed by atoms with Gasteiger partial charge in [-0.3, -0.25) is 0 Å². The van der Waals surface area contributed by atoms with Crippen molar-refractivity contribution in [3.05, 3.63) is 29.8 Å². The Morgan fingerprint density at radius 2 is 1.62 bits per heavy atom. The number of ether oxygens (including phenoxy) is 3. The highest BCUT2D eigenvalue weighted by molar-refractivity contribution is 5.60. The molecule has 0 unspecified atom stereocenters. The van der Waals surface area contributed by atoms with Gasteiger partial charge in [-0.05, 0) is 56.2 Å². The zero-order chi connectivity index (χ0) is 21.0. The molecule has 0 aromatic heterocycles. The zero-order valence-corrected chi connectivity index (χ0v) is 18.2. The van der Waals surface area contributed by atoms with Crippen molar-refractivity contribution < 1.29 is 24.1 Å². The number of aliphatic hydroxyl groups is 1. The Morgan fingerprint density at radius 1 is 0.966 bits per heavy atom. The van der Waals surface area contributed by atoms with E-state index in [0.29, 0.717) is 38.9 Å². The number of carbonyl (C=O) groups is 1. The van der Waals surface area contributed by atoms with E-state index in [-0.39, 0.29) is 6.10 Å². The predicted molar refractivity (Wildman–Crippen MR) is 114 cm³/mol. The maximum absolute atomic E-state index is 11.9. The molecule has 2 rings (SSSR count). The average molecular weight is 407 g/mol. The molecule has 5 nitrogen and oxygen atoms in total. The van der Waals surface area contributed by atoms with Crippen LogP contribution in [-0.4, -0.2) is 30.6 Å². The Kier molecular flexibility index (Phi) is 10.3. The summed E-state index contributed by atoms with van der Waals surface area (Å²) < 4.78 is 16.3. The lowest BCUT2D eigenvalue weighted by atomic mass is 9.78. The molecule has 0 heterocycles. The third kappa shape index (κ3) is 8.25. The molecule has 1 aromatic rings. The van der Waals surface area contributed by atoms with Crippen molar-refractivity contribution in [1.29, 1.82) is 0 Å². The van der Waals surface area contributed by atoms with Crippen LogP contribution in [0.4, 0.5) is 4.79 Å². The first-order chi connectivity index (χ1) is 14.1. The largest absolute Gasteiger partial charge is 0.508 e. The van der Waals surface area contributed by atoms with Gasteiger partial charge in [0.05, 0.1) is 18.8 Å². The molecule has 1 N–H and O–H groups in total. The molecule has 1 fully saturated rings. The first-order valence-corrected chi connectivity index (χ1v) is 11.4. The van der Waals surface area contributed by atoms with E-state index in [1.165, 1.54) is 19.3 Å². The van der Waals surface area contributed by atoms with Crippen molar-refractivity contribution in [1.82, 2.24) is 0 Å². The Balaban J connectivity index is 1.69. The highest BCUT2D eigenvalue weighted by Gasteiger charge is 2.36. The molecule has 0 spiro atoms. The van der Waals surface area contributed by atoms with Gasteiger partial charge in [0, 0.05) is 0 Å². The number of benzene rings is 1. The van der Waals surface area contributed by atoms with Gasteiger partial charge < -0.3 is 19.3 Å². The summed E-state index contributed by atoms with van der Waals surface area (Å²) >= 11 is 0. The maximum atomic E-state index is 11.9. The van der Waals surface area contributed by atoms with Gasteiger partial charge in [-0.25, -0.2) is 4.79 Å². The van der Waals surface area contributed by atoms with Crippen molar-refractivity contribution >= 4 is 6.16 Å². The van der Waals surface area contributed by atoms with Crippen LogP contribution in [0.1, 0.15) is 90.0 Å². The number of hydrogen-bond acceptors (Lipinski definition) is 5. The van der Waals surface area contributed by atoms with E-state index in [0.717, 1.165) is 37.0 Å². The standard InChI is InChI=1S/C24H38O5/c1-3-5-7-8-9-19-28-23(25)29-22-14-16-24(26,17-15-22)20-10-12-21(13-11-20)27-18-6-4-2/h10-13,22,26H,3-9,14-19H2,1-2H3. The van der Waals surface area contributed by atoms with Crippen LogP contribution < -0.4 is 4.74 Å². The second kappa shape index (κ2) is 12.7. The van der Waals surface area contributed by atoms with Crippen LogP contribution in [-0.2, 0) is 15.1 Å². The molecule has 0 atom stereocenters. The third-order valence-electron chi connectivity index (χ3n) is 5.65. The molecule has 0 amide bonds. The van der Waals surface area contributed by atoms with Crippen LogP contribution in [0.15, 0.2) is 24.3 Å². The minimum atomic E-state index is -0.870. The third-order valence-corrected chi connectivity index (χ3v) is 5.65. The fourth-order valence-corrected chi connectivity index (χ4v) is 3.70. The average Bonchev–Trinajstić information content (AvgIpc) is 2.73. The minimum Gasteiger partial charge on any atom is -0.494 e. The normalized spacial score (nSPS) is 21.6. The van der Waals surface area contributed by atoms with Gasteiger partial charge in [0.2, 0.25) is 0 Å². The molecule has 0 bridgehead atoms. The van der Waals surface area contributed by atoms with Crippen LogP contribution in [0.3, 0.4) is 0 Å². The second-order valence-corrected chi connectivity index (χ2v) is 8.09. The molecule has 0 radical (unpaired) electrons. The first-order valence-electron chi connectivity index (χ1n) is 11.4. The van der Waals surface area contributed by atoms with E-state index in [1.807, 2.05) is 24.3 Å². The van der Waals surface area contributed by atoms with Crippen molar-refractivity contribution in [3.8, 4) is 5.75 Å². The molecule has 5 heteroatoms. The topological polar surface area (TPSA) is 65.0 Å². The molecule has 1 saturated carbocycles. The van der Waals surface area contributed by atoms with E-state index in [1.54, 1.807) is 0 Å². The van der Waals surface area contributed by atoms with Crippen molar-refractivity contribution in [2.45, 2.75) is 96.2 Å². The fraction of sp³-hybridized carbons (Fsp3) is 0.708. The summed E-state index contributed by atoms with van der Waals surface area (Å²) in [6, 6.07) is 7.72. The summed E-state index contributed by atoms with van der Waals surface area (Å²) in [5.41, 5.74) is 0.0267. The summed E-state index contributed by atoms with van der Waals surface area (Å²) in [7, 11) is 0. The molecule has 164 valence electrons. The van der Waals surface area contributed by atoms with Crippen LogP contribution in [0.2, 0.25) is 0 Å². The summed E-state index contributed by atoms with van der Waals surface area (Å²) in [6.07, 6.45) is 9.37. The predicted octanol–water partition coefficient (Wildman–Crippen LogP) is 6.12. The smallest absolute Gasteiger partial charge is 0.494 e. The van der Waals surface area contributed by atoms with Crippen molar-refractivity contribution in [2.24, 2.45) is 0 Å². The van der Waals surface area contributed by atoms with Gasteiger partial charge in [0.1, 0.15) is 11.9 Å². The van der Waals surface area contributed by atoms with Gasteiger partial charge in [-0.2, -0.15) is 0 Å². The zero-order valence-electron chi connectivity index (χ0n) is 18.2. The summed E-state index contributed by atoms with van der Waals surface area (Å²) in [5, 5.41) is 11.0. The lowest BCUT2D eigenvalue weighted by molar-refractivity contribution is -0.0538. The van der Waals surface area contributed by atoms with Gasteiger partial charge in [0.15, 0.2) is 0 Å². The molecular formula is C24H38O5. The number of unbranched alkanes of at least 4 members (excludes halogenated alkanes) is 5. The molecule has 1 aromatic carbocycles. The fourth-order valence-electron chi connectivity index (χ4n) is 3.70. The van der Waals surface area contributed by atoms with E-state index in [2.05, 4.69) is 13.8 Å². The molecule has 0 aliphatic heterocycles. The van der Waals surface area contributed by atoms with Gasteiger partial charge >= 0.3 is 6.16 Å². The Morgan fingerprint density at radius 3 is 2.28 bits per heavy atom. The summed E-state index contributed by atoms with van der Waals surface area (Å²) in [4.78, 5) is 11.9. The SMILES string of the molecule is CCCCCCCOC(=O)OC1CCC(O)(c2ccc(OCCCC)cc2)CC1. The number of hydrogen-bond donors (Lipinski definition) is 1. The second-order valence-electron chi connectivity index (χ2n) is 8.09. The van der Waals surface area contributed by atoms with E-state index < -0.39 is 11.8 Å². The Hall–Kier alpha value is -1.75. The van der Waals surface area contributed by atoms with Crippen LogP contribution in [0, 0.1) is 0 Å². The molecular weight excluding hydrogens is 368 g/mol. The lowest BCUT2D eigenvalue weighted by Gasteiger charge is -2.36. The van der Waals surface area contributed by atoms with Crippen LogP contribution in [0.5, 0.6) is 5.75 Å². The van der Waals surface area contributed by atoms with E-state index in [9.17, 15) is 9.90 Å². The van der Waals surface area contributed by atoms with E-state index >= 15 is 0 Å². The van der Waals surface area contributed by atoms with Gasteiger partial charge in [0.25, 0.3) is 0 Å². The Bertz CT molecular complexity index is 575. The van der Waals surface area contributed by atoms with Crippen LogP contribution >= 0.6 is 0 Å².